The molecule has 8 heteroatoms. The van der Waals surface area contributed by atoms with Crippen LogP contribution in [-0.2, 0) is 0 Å². The molecule has 0 atom stereocenters. The number of rotatable bonds is 3. The summed E-state index contributed by atoms with van der Waals surface area (Å²) in [6.07, 6.45) is 3.34. The van der Waals surface area contributed by atoms with Gasteiger partial charge in [0.15, 0.2) is 17.1 Å². The van der Waals surface area contributed by atoms with Gasteiger partial charge in [0.2, 0.25) is 0 Å². The summed E-state index contributed by atoms with van der Waals surface area (Å²) in [7, 11) is 1.55. The summed E-state index contributed by atoms with van der Waals surface area (Å²) in [4.78, 5) is 9.16. The second-order valence-corrected chi connectivity index (χ2v) is 6.89. The summed E-state index contributed by atoms with van der Waals surface area (Å²) in [5.74, 6) is 1.02. The van der Waals surface area contributed by atoms with Gasteiger partial charge in [-0.05, 0) is 49.2 Å². The molecule has 29 heavy (non-hydrogen) atoms. The zero-order valence-corrected chi connectivity index (χ0v) is 16.2. The third-order valence-corrected chi connectivity index (χ3v) is 5.09. The molecule has 2 aromatic carbocycles. The number of ether oxygens (including phenoxy) is 1. The van der Waals surface area contributed by atoms with E-state index in [0.717, 1.165) is 11.1 Å². The number of aromatic nitrogens is 6. The molecule has 3 aromatic heterocycles. The van der Waals surface area contributed by atoms with E-state index in [9.17, 15) is 5.11 Å². The van der Waals surface area contributed by atoms with Gasteiger partial charge in [-0.3, -0.25) is 0 Å². The molecule has 5 rings (SSSR count). The Morgan fingerprint density at radius 3 is 2.62 bits per heavy atom. The minimum absolute atomic E-state index is 0.0512. The van der Waals surface area contributed by atoms with Gasteiger partial charge in [-0.25, -0.2) is 19.2 Å². The van der Waals surface area contributed by atoms with E-state index >= 15 is 0 Å². The van der Waals surface area contributed by atoms with Crippen LogP contribution in [0, 0.1) is 13.8 Å². The van der Waals surface area contributed by atoms with Crippen molar-refractivity contribution in [1.82, 2.24) is 29.4 Å². The molecule has 0 amide bonds. The van der Waals surface area contributed by atoms with Crippen LogP contribution in [0.2, 0.25) is 0 Å². The lowest BCUT2D eigenvalue weighted by molar-refractivity contribution is 0.408. The monoisotopic (exact) mass is 386 g/mol. The molecule has 3 heterocycles. The van der Waals surface area contributed by atoms with E-state index in [1.54, 1.807) is 41.0 Å². The van der Waals surface area contributed by atoms with Gasteiger partial charge in [-0.1, -0.05) is 6.07 Å². The Kier molecular flexibility index (Phi) is 3.73. The quantitative estimate of drug-likeness (QED) is 0.511. The number of phenolic OH excluding ortho intramolecular Hbond substituents is 1. The lowest BCUT2D eigenvalue weighted by Gasteiger charge is -2.06. The van der Waals surface area contributed by atoms with Crippen molar-refractivity contribution in [3.63, 3.8) is 0 Å². The van der Waals surface area contributed by atoms with Crippen molar-refractivity contribution < 1.29 is 9.84 Å². The van der Waals surface area contributed by atoms with E-state index < -0.39 is 0 Å². The Bertz CT molecular complexity index is 1390. The Morgan fingerprint density at radius 2 is 1.86 bits per heavy atom. The Labute approximate surface area is 166 Å². The maximum atomic E-state index is 10.3. The van der Waals surface area contributed by atoms with Crippen molar-refractivity contribution in [3.05, 3.63) is 60.0 Å². The van der Waals surface area contributed by atoms with E-state index in [1.807, 2.05) is 6.07 Å². The largest absolute Gasteiger partial charge is 0.507 e. The first kappa shape index (κ1) is 17.2. The van der Waals surface area contributed by atoms with Gasteiger partial charge < -0.3 is 9.84 Å². The first-order valence-corrected chi connectivity index (χ1v) is 9.09. The molecule has 0 aliphatic heterocycles. The van der Waals surface area contributed by atoms with E-state index in [0.29, 0.717) is 28.4 Å². The fraction of sp³-hybridized carbons (Fsp3) is 0.143. The zero-order chi connectivity index (χ0) is 20.1. The summed E-state index contributed by atoms with van der Waals surface area (Å²) >= 11 is 0. The van der Waals surface area contributed by atoms with Crippen molar-refractivity contribution >= 4 is 16.7 Å². The van der Waals surface area contributed by atoms with Crippen molar-refractivity contribution in [2.45, 2.75) is 13.8 Å². The highest BCUT2D eigenvalue weighted by atomic mass is 16.5. The maximum absolute atomic E-state index is 10.3. The van der Waals surface area contributed by atoms with Gasteiger partial charge in [0, 0.05) is 6.07 Å². The van der Waals surface area contributed by atoms with Crippen LogP contribution in [0.5, 0.6) is 11.5 Å². The summed E-state index contributed by atoms with van der Waals surface area (Å²) in [5.41, 5.74) is 5.18. The summed E-state index contributed by atoms with van der Waals surface area (Å²) in [5, 5.41) is 20.1. The van der Waals surface area contributed by atoms with Crippen LogP contribution in [-0.4, -0.2) is 41.6 Å². The first-order valence-electron chi connectivity index (χ1n) is 9.09. The number of hydrogen-bond donors (Lipinski definition) is 1. The number of benzene rings is 2. The minimum atomic E-state index is 0.0512. The normalized spacial score (nSPS) is 11.4. The Hall–Kier alpha value is -3.94. The molecule has 0 radical (unpaired) electrons. The molecular formula is C21H18N6O2. The smallest absolute Gasteiger partial charge is 0.185 e. The average molecular weight is 386 g/mol. The summed E-state index contributed by atoms with van der Waals surface area (Å²) in [6, 6.07) is 11.2. The molecular weight excluding hydrogens is 368 g/mol. The van der Waals surface area contributed by atoms with Crippen LogP contribution in [0.3, 0.4) is 0 Å². The predicted octanol–water partition coefficient (Wildman–Crippen LogP) is 3.46. The van der Waals surface area contributed by atoms with Gasteiger partial charge >= 0.3 is 0 Å². The molecule has 144 valence electrons. The van der Waals surface area contributed by atoms with Crippen molar-refractivity contribution in [2.75, 3.05) is 7.11 Å². The van der Waals surface area contributed by atoms with Crippen molar-refractivity contribution in [1.29, 1.82) is 0 Å². The highest BCUT2D eigenvalue weighted by Gasteiger charge is 2.16. The number of hydrogen-bond acceptors (Lipinski definition) is 6. The summed E-state index contributed by atoms with van der Waals surface area (Å²) in [6.45, 7) is 4.15. The minimum Gasteiger partial charge on any atom is -0.507 e. The van der Waals surface area contributed by atoms with Gasteiger partial charge in [-0.15, -0.1) is 5.10 Å². The lowest BCUT2D eigenvalue weighted by atomic mass is 10.1. The molecule has 0 bridgehead atoms. The molecule has 1 N–H and O–H groups in total. The Morgan fingerprint density at radius 1 is 1.00 bits per heavy atom. The number of nitrogens with zero attached hydrogens (tertiary/aromatic N) is 6. The number of aromatic hydroxyl groups is 1. The zero-order valence-electron chi connectivity index (χ0n) is 16.2. The number of aryl methyl sites for hydroxylation is 2. The number of phenols is 1. The van der Waals surface area contributed by atoms with Crippen LogP contribution in [0.4, 0.5) is 0 Å². The molecule has 0 fully saturated rings. The topological polar surface area (TPSA) is 90.4 Å². The maximum Gasteiger partial charge on any atom is 0.185 e. The number of fused-ring (bicyclic) bond motifs is 3. The third-order valence-electron chi connectivity index (χ3n) is 5.09. The highest BCUT2D eigenvalue weighted by Crippen LogP contribution is 2.31. The van der Waals surface area contributed by atoms with Gasteiger partial charge in [-0.2, -0.15) is 5.10 Å². The average Bonchev–Trinajstić information content (AvgIpc) is 3.33. The second-order valence-electron chi connectivity index (χ2n) is 6.89. The van der Waals surface area contributed by atoms with Crippen molar-refractivity contribution in [3.8, 4) is 28.6 Å². The van der Waals surface area contributed by atoms with E-state index in [2.05, 4.69) is 46.1 Å². The van der Waals surface area contributed by atoms with Crippen LogP contribution in [0.1, 0.15) is 11.1 Å². The Balaban J connectivity index is 1.66. The second kappa shape index (κ2) is 6.30. The van der Waals surface area contributed by atoms with Crippen LogP contribution in [0.15, 0.2) is 48.9 Å². The summed E-state index contributed by atoms with van der Waals surface area (Å²) < 4.78 is 8.52. The molecule has 8 nitrogen and oxygen atoms in total. The SMILES string of the molecule is COc1ccc(-c2nc3c4cnn(-c5ccc(C)c(C)c5)c4ncn3n2)c(O)c1. The van der Waals surface area contributed by atoms with Crippen LogP contribution >= 0.6 is 0 Å². The molecule has 0 saturated carbocycles. The lowest BCUT2D eigenvalue weighted by Crippen LogP contribution is -1.99. The predicted molar refractivity (Wildman–Crippen MR) is 109 cm³/mol. The molecule has 0 saturated heterocycles. The first-order chi connectivity index (χ1) is 14.0. The molecule has 0 aliphatic carbocycles. The third kappa shape index (κ3) is 2.68. The molecule has 5 aromatic rings. The van der Waals surface area contributed by atoms with Crippen molar-refractivity contribution in [2.24, 2.45) is 0 Å². The molecule has 0 spiro atoms. The van der Waals surface area contributed by atoms with Gasteiger partial charge in [0.1, 0.15) is 17.8 Å². The fourth-order valence-electron chi connectivity index (χ4n) is 3.31. The van der Waals surface area contributed by atoms with Gasteiger partial charge in [0.05, 0.1) is 29.9 Å². The van der Waals surface area contributed by atoms with Gasteiger partial charge in [0.25, 0.3) is 0 Å². The van der Waals surface area contributed by atoms with Crippen LogP contribution in [0.25, 0.3) is 33.8 Å². The molecule has 0 aliphatic rings. The fourth-order valence-corrected chi connectivity index (χ4v) is 3.31. The molecule has 0 unspecified atom stereocenters. The van der Waals surface area contributed by atoms with E-state index in [4.69, 9.17) is 4.74 Å². The number of methoxy groups -OCH3 is 1. The standard InChI is InChI=1S/C21H18N6O2/c1-12-4-5-14(8-13(12)2)27-20-17(10-23-27)21-24-19(25-26(21)11-22-20)16-7-6-15(29-3)9-18(16)28/h4-11,28H,1-3H3. The van der Waals surface area contributed by atoms with E-state index in [-0.39, 0.29) is 5.75 Å². The highest BCUT2D eigenvalue weighted by molar-refractivity contribution is 5.90. The van der Waals surface area contributed by atoms with Crippen LogP contribution < -0.4 is 4.74 Å². The van der Waals surface area contributed by atoms with E-state index in [1.165, 1.54) is 17.2 Å².